The van der Waals surface area contributed by atoms with Crippen molar-refractivity contribution >= 4 is 22.6 Å². The number of aryl methyl sites for hydroxylation is 1. The van der Waals surface area contributed by atoms with Crippen LogP contribution in [0.5, 0.6) is 0 Å². The summed E-state index contributed by atoms with van der Waals surface area (Å²) < 4.78 is 15.4. The summed E-state index contributed by atoms with van der Waals surface area (Å²) in [5.41, 5.74) is 0.166. The zero-order valence-electron chi connectivity index (χ0n) is 12.0. The SMILES string of the molecule is CNc1nccc2cc(C(=O)NC34CC(F)(C3)C4)n(C)c12. The van der Waals surface area contributed by atoms with Gasteiger partial charge in [0.1, 0.15) is 17.2 Å². The van der Waals surface area contributed by atoms with Gasteiger partial charge in [0.2, 0.25) is 0 Å². The topological polar surface area (TPSA) is 59.0 Å². The number of carbonyl (C=O) groups is 1. The fourth-order valence-electron chi connectivity index (χ4n) is 3.80. The molecule has 2 aromatic heterocycles. The van der Waals surface area contributed by atoms with Crippen molar-refractivity contribution in [1.29, 1.82) is 0 Å². The third-order valence-corrected chi connectivity index (χ3v) is 4.76. The minimum Gasteiger partial charge on any atom is -0.371 e. The molecule has 2 N–H and O–H groups in total. The predicted molar refractivity (Wildman–Crippen MR) is 78.1 cm³/mol. The van der Waals surface area contributed by atoms with Crippen LogP contribution < -0.4 is 10.6 Å². The van der Waals surface area contributed by atoms with E-state index in [-0.39, 0.29) is 11.4 Å². The lowest BCUT2D eigenvalue weighted by Crippen LogP contribution is -2.76. The summed E-state index contributed by atoms with van der Waals surface area (Å²) >= 11 is 0. The first-order valence-electron chi connectivity index (χ1n) is 7.09. The molecule has 3 aliphatic rings. The van der Waals surface area contributed by atoms with Gasteiger partial charge in [0.25, 0.3) is 5.91 Å². The van der Waals surface area contributed by atoms with E-state index in [1.165, 1.54) is 0 Å². The van der Waals surface area contributed by atoms with Crippen molar-refractivity contribution in [3.8, 4) is 0 Å². The maximum Gasteiger partial charge on any atom is 0.268 e. The number of halogens is 1. The molecule has 0 atom stereocenters. The average molecular weight is 288 g/mol. The molecule has 2 heterocycles. The summed E-state index contributed by atoms with van der Waals surface area (Å²) in [6, 6.07) is 3.73. The summed E-state index contributed by atoms with van der Waals surface area (Å²) in [5.74, 6) is 0.597. The first-order chi connectivity index (χ1) is 9.95. The first-order valence-corrected chi connectivity index (χ1v) is 7.09. The molecule has 1 amide bonds. The quantitative estimate of drug-likeness (QED) is 0.908. The maximum atomic E-state index is 13.5. The molecule has 0 saturated heterocycles. The molecule has 3 aliphatic carbocycles. The van der Waals surface area contributed by atoms with E-state index in [4.69, 9.17) is 0 Å². The van der Waals surface area contributed by atoms with Gasteiger partial charge in [-0.1, -0.05) is 0 Å². The minimum atomic E-state index is -1.00. The summed E-state index contributed by atoms with van der Waals surface area (Å²) in [4.78, 5) is 16.7. The van der Waals surface area contributed by atoms with Gasteiger partial charge in [-0.2, -0.15) is 0 Å². The Morgan fingerprint density at radius 3 is 2.76 bits per heavy atom. The molecule has 3 fully saturated rings. The van der Waals surface area contributed by atoms with E-state index in [0.29, 0.717) is 25.0 Å². The molecule has 110 valence electrons. The predicted octanol–water partition coefficient (Wildman–Crippen LogP) is 1.99. The van der Waals surface area contributed by atoms with Crippen LogP contribution in [-0.4, -0.2) is 33.7 Å². The standard InChI is InChI=1S/C15H17FN4O/c1-17-12-11-9(3-4-18-12)5-10(20(11)2)13(21)19-15-6-14(16,7-15)8-15/h3-5H,6-8H2,1-2H3,(H,17,18)(H,19,21). The monoisotopic (exact) mass is 288 g/mol. The van der Waals surface area contributed by atoms with Crippen molar-refractivity contribution in [2.45, 2.75) is 30.5 Å². The molecule has 0 radical (unpaired) electrons. The maximum absolute atomic E-state index is 13.5. The van der Waals surface area contributed by atoms with E-state index in [9.17, 15) is 9.18 Å². The molecule has 2 bridgehead atoms. The number of rotatable bonds is 3. The molecule has 5 nitrogen and oxygen atoms in total. The molecule has 2 aromatic rings. The van der Waals surface area contributed by atoms with Crippen molar-refractivity contribution in [2.75, 3.05) is 12.4 Å². The molecular weight excluding hydrogens is 271 g/mol. The zero-order valence-corrected chi connectivity index (χ0v) is 12.0. The van der Waals surface area contributed by atoms with Gasteiger partial charge in [0.15, 0.2) is 0 Å². The van der Waals surface area contributed by atoms with Gasteiger partial charge in [0.05, 0.1) is 5.52 Å². The molecular formula is C15H17FN4O. The number of alkyl halides is 1. The Labute approximate surface area is 121 Å². The van der Waals surface area contributed by atoms with Crippen molar-refractivity contribution in [1.82, 2.24) is 14.9 Å². The fourth-order valence-corrected chi connectivity index (χ4v) is 3.80. The van der Waals surface area contributed by atoms with Gasteiger partial charge in [-0.05, 0) is 12.1 Å². The van der Waals surface area contributed by atoms with Crippen molar-refractivity contribution < 1.29 is 9.18 Å². The van der Waals surface area contributed by atoms with E-state index < -0.39 is 5.67 Å². The summed E-state index contributed by atoms with van der Waals surface area (Å²) in [6.07, 6.45) is 3.08. The second kappa shape index (κ2) is 3.75. The Bertz CT molecular complexity index is 747. The van der Waals surface area contributed by atoms with Crippen LogP contribution in [0, 0.1) is 0 Å². The number of fused-ring (bicyclic) bond motifs is 1. The van der Waals surface area contributed by atoms with E-state index in [1.54, 1.807) is 13.2 Å². The first kappa shape index (κ1) is 12.6. The van der Waals surface area contributed by atoms with E-state index in [2.05, 4.69) is 15.6 Å². The van der Waals surface area contributed by atoms with Gasteiger partial charge in [-0.3, -0.25) is 4.79 Å². The highest BCUT2D eigenvalue weighted by Gasteiger charge is 2.69. The lowest BCUT2D eigenvalue weighted by molar-refractivity contribution is -0.162. The number of hydrogen-bond donors (Lipinski definition) is 2. The Kier molecular flexibility index (Phi) is 2.25. The summed E-state index contributed by atoms with van der Waals surface area (Å²) in [5, 5.41) is 6.99. The second-order valence-electron chi connectivity index (χ2n) is 6.35. The molecule has 5 rings (SSSR count). The van der Waals surface area contributed by atoms with Crippen LogP contribution in [0.15, 0.2) is 18.3 Å². The number of carbonyl (C=O) groups excluding carboxylic acids is 1. The van der Waals surface area contributed by atoms with Crippen LogP contribution in [0.1, 0.15) is 29.8 Å². The number of aromatic nitrogens is 2. The third-order valence-electron chi connectivity index (χ3n) is 4.76. The fraction of sp³-hybridized carbons (Fsp3) is 0.467. The van der Waals surface area contributed by atoms with Crippen LogP contribution in [0.4, 0.5) is 10.2 Å². The van der Waals surface area contributed by atoms with Crippen LogP contribution in [0.3, 0.4) is 0 Å². The van der Waals surface area contributed by atoms with Gasteiger partial charge in [-0.25, -0.2) is 9.37 Å². The lowest BCUT2D eigenvalue weighted by Gasteiger charge is -2.65. The van der Waals surface area contributed by atoms with Crippen LogP contribution in [-0.2, 0) is 7.05 Å². The van der Waals surface area contributed by atoms with Crippen molar-refractivity contribution in [2.24, 2.45) is 7.05 Å². The smallest absolute Gasteiger partial charge is 0.268 e. The highest BCUT2D eigenvalue weighted by Crippen LogP contribution is 2.62. The van der Waals surface area contributed by atoms with Gasteiger partial charge in [-0.15, -0.1) is 0 Å². The van der Waals surface area contributed by atoms with Gasteiger partial charge < -0.3 is 15.2 Å². The molecule has 0 aromatic carbocycles. The number of pyridine rings is 1. The average Bonchev–Trinajstić information content (AvgIpc) is 2.73. The van der Waals surface area contributed by atoms with E-state index in [1.807, 2.05) is 23.7 Å². The number of nitrogens with one attached hydrogen (secondary N) is 2. The number of nitrogens with zero attached hydrogens (tertiary/aromatic N) is 2. The van der Waals surface area contributed by atoms with Crippen molar-refractivity contribution in [3.63, 3.8) is 0 Å². The van der Waals surface area contributed by atoms with Gasteiger partial charge in [0, 0.05) is 50.5 Å². The largest absolute Gasteiger partial charge is 0.371 e. The number of amides is 1. The molecule has 0 aliphatic heterocycles. The van der Waals surface area contributed by atoms with Gasteiger partial charge >= 0.3 is 0 Å². The van der Waals surface area contributed by atoms with E-state index in [0.717, 1.165) is 16.7 Å². The number of hydrogen-bond acceptors (Lipinski definition) is 3. The molecule has 3 saturated carbocycles. The summed E-state index contributed by atoms with van der Waals surface area (Å²) in [6.45, 7) is 0. The second-order valence-corrected chi connectivity index (χ2v) is 6.35. The van der Waals surface area contributed by atoms with Crippen LogP contribution in [0.2, 0.25) is 0 Å². The lowest BCUT2D eigenvalue weighted by atomic mass is 9.47. The zero-order chi connectivity index (χ0) is 14.8. The highest BCUT2D eigenvalue weighted by atomic mass is 19.1. The molecule has 6 heteroatoms. The highest BCUT2D eigenvalue weighted by molar-refractivity contribution is 6.01. The molecule has 0 unspecified atom stereocenters. The van der Waals surface area contributed by atoms with Crippen molar-refractivity contribution in [3.05, 3.63) is 24.0 Å². The Hall–Kier alpha value is -2.11. The third kappa shape index (κ3) is 1.61. The summed E-state index contributed by atoms with van der Waals surface area (Å²) in [7, 11) is 3.65. The van der Waals surface area contributed by atoms with Crippen LogP contribution >= 0.6 is 0 Å². The minimum absolute atomic E-state index is 0.141. The Morgan fingerprint density at radius 2 is 2.14 bits per heavy atom. The Balaban J connectivity index is 1.67. The number of anilines is 1. The normalized spacial score (nSPS) is 29.7. The van der Waals surface area contributed by atoms with E-state index >= 15 is 0 Å². The molecule has 0 spiro atoms. The molecule has 21 heavy (non-hydrogen) atoms. The van der Waals surface area contributed by atoms with Crippen LogP contribution in [0.25, 0.3) is 10.9 Å². The Morgan fingerprint density at radius 1 is 1.43 bits per heavy atom.